The minimum Gasteiger partial charge on any atom is -0.394 e. The Morgan fingerprint density at radius 1 is 0.696 bits per heavy atom. The van der Waals surface area contributed by atoms with E-state index in [1.54, 1.807) is 0 Å². The largest absolute Gasteiger partial charge is 0.394 e. The average Bonchev–Trinajstić information content (AvgIpc) is 2.52. The lowest BCUT2D eigenvalue weighted by atomic mass is 10.1. The summed E-state index contributed by atoms with van der Waals surface area (Å²) in [5, 5.41) is 25.0. The van der Waals surface area contributed by atoms with Gasteiger partial charge in [0.15, 0.2) is 0 Å². The lowest BCUT2D eigenvalue weighted by molar-refractivity contribution is -0.0794. The van der Waals surface area contributed by atoms with Crippen LogP contribution in [0.1, 0.15) is 33.6 Å². The highest BCUT2D eigenvalue weighted by Gasteiger charge is 2.17. The van der Waals surface area contributed by atoms with E-state index < -0.39 is 0 Å². The molecule has 0 aromatic rings. The molecule has 142 valence electrons. The maximum atomic E-state index is 8.51. The summed E-state index contributed by atoms with van der Waals surface area (Å²) in [4.78, 5) is 0. The van der Waals surface area contributed by atoms with Crippen molar-refractivity contribution in [2.45, 2.75) is 39.2 Å². The van der Waals surface area contributed by atoms with E-state index in [2.05, 4.69) is 6.92 Å². The van der Waals surface area contributed by atoms with E-state index in [4.69, 9.17) is 34.3 Å². The van der Waals surface area contributed by atoms with E-state index in [9.17, 15) is 0 Å². The van der Waals surface area contributed by atoms with Gasteiger partial charge in [-0.2, -0.15) is 0 Å². The third-order valence-electron chi connectivity index (χ3n) is 2.52. The van der Waals surface area contributed by atoms with E-state index in [1.165, 1.54) is 0 Å². The highest BCUT2D eigenvalue weighted by molar-refractivity contribution is 4.67. The van der Waals surface area contributed by atoms with Crippen LogP contribution in [0, 0.1) is 0 Å². The second-order valence-corrected chi connectivity index (χ2v) is 5.41. The molecule has 0 unspecified atom stereocenters. The summed E-state index contributed by atoms with van der Waals surface area (Å²) >= 11 is 0. The molecule has 0 aliphatic carbocycles. The van der Waals surface area contributed by atoms with Gasteiger partial charge in [0.2, 0.25) is 0 Å². The summed E-state index contributed by atoms with van der Waals surface area (Å²) < 4.78 is 20.6. The minimum atomic E-state index is -0.232. The Balaban J connectivity index is 0. The maximum Gasteiger partial charge on any atom is 0.0858 e. The molecule has 23 heavy (non-hydrogen) atoms. The van der Waals surface area contributed by atoms with Crippen LogP contribution in [0.2, 0.25) is 0 Å². The predicted octanol–water partition coefficient (Wildman–Crippen LogP) is 0.595. The number of hydrogen-bond acceptors (Lipinski definition) is 7. The Morgan fingerprint density at radius 3 is 1.61 bits per heavy atom. The number of aliphatic hydroxyl groups is 3. The zero-order chi connectivity index (χ0) is 17.8. The van der Waals surface area contributed by atoms with Crippen molar-refractivity contribution < 1.29 is 34.3 Å². The Morgan fingerprint density at radius 2 is 1.17 bits per heavy atom. The molecule has 0 saturated heterocycles. The van der Waals surface area contributed by atoms with Gasteiger partial charge in [0, 0.05) is 6.61 Å². The summed E-state index contributed by atoms with van der Waals surface area (Å²) in [7, 11) is 0. The first-order valence-corrected chi connectivity index (χ1v) is 8.23. The van der Waals surface area contributed by atoms with E-state index in [1.807, 2.05) is 13.8 Å². The monoisotopic (exact) mass is 340 g/mol. The fourth-order valence-electron chi connectivity index (χ4n) is 1.37. The van der Waals surface area contributed by atoms with Crippen molar-refractivity contribution in [2.75, 3.05) is 66.1 Å². The van der Waals surface area contributed by atoms with Crippen molar-refractivity contribution >= 4 is 0 Å². The van der Waals surface area contributed by atoms with Crippen LogP contribution in [0.15, 0.2) is 0 Å². The van der Waals surface area contributed by atoms with E-state index in [-0.39, 0.29) is 25.4 Å². The SMILES string of the molecule is CCCCOC(C)(C)COCCO.OCCOCCOCCO. The first-order valence-electron chi connectivity index (χ1n) is 8.23. The molecule has 0 atom stereocenters. The van der Waals surface area contributed by atoms with Crippen molar-refractivity contribution in [2.24, 2.45) is 0 Å². The van der Waals surface area contributed by atoms with Crippen molar-refractivity contribution in [3.8, 4) is 0 Å². The number of hydrogen-bond donors (Lipinski definition) is 3. The first kappa shape index (κ1) is 25.0. The molecule has 0 bridgehead atoms. The van der Waals surface area contributed by atoms with Crippen molar-refractivity contribution in [3.05, 3.63) is 0 Å². The molecule has 0 heterocycles. The topological polar surface area (TPSA) is 97.6 Å². The molecule has 0 amide bonds. The van der Waals surface area contributed by atoms with Gasteiger partial charge in [0.1, 0.15) is 0 Å². The van der Waals surface area contributed by atoms with Crippen LogP contribution in [0.3, 0.4) is 0 Å². The summed E-state index contributed by atoms with van der Waals surface area (Å²) in [5.41, 5.74) is -0.232. The van der Waals surface area contributed by atoms with E-state index >= 15 is 0 Å². The number of rotatable bonds is 15. The second-order valence-electron chi connectivity index (χ2n) is 5.41. The molecule has 0 spiro atoms. The molecule has 0 aromatic heterocycles. The average molecular weight is 340 g/mol. The van der Waals surface area contributed by atoms with Gasteiger partial charge in [-0.25, -0.2) is 0 Å². The zero-order valence-corrected chi connectivity index (χ0v) is 15.0. The summed E-state index contributed by atoms with van der Waals surface area (Å²) in [5.74, 6) is 0. The van der Waals surface area contributed by atoms with Gasteiger partial charge in [0.05, 0.1) is 65.1 Å². The summed E-state index contributed by atoms with van der Waals surface area (Å²) in [6.45, 7) is 9.65. The second kappa shape index (κ2) is 19.8. The molecular formula is C16H36O7. The summed E-state index contributed by atoms with van der Waals surface area (Å²) in [6.07, 6.45) is 2.23. The van der Waals surface area contributed by atoms with Gasteiger partial charge in [-0.05, 0) is 20.3 Å². The first-order chi connectivity index (χ1) is 11.0. The van der Waals surface area contributed by atoms with Crippen LogP contribution >= 0.6 is 0 Å². The molecule has 0 radical (unpaired) electrons. The van der Waals surface area contributed by atoms with Crippen LogP contribution in [0.5, 0.6) is 0 Å². The molecule has 7 nitrogen and oxygen atoms in total. The lowest BCUT2D eigenvalue weighted by Crippen LogP contribution is -2.31. The zero-order valence-electron chi connectivity index (χ0n) is 15.0. The van der Waals surface area contributed by atoms with E-state index in [0.717, 1.165) is 19.4 Å². The highest BCUT2D eigenvalue weighted by Crippen LogP contribution is 2.10. The number of unbranched alkanes of at least 4 members (excludes halogenated alkanes) is 1. The van der Waals surface area contributed by atoms with Crippen molar-refractivity contribution in [1.29, 1.82) is 0 Å². The third kappa shape index (κ3) is 24.1. The molecule has 0 rings (SSSR count). The summed E-state index contributed by atoms with van der Waals surface area (Å²) in [6, 6.07) is 0. The standard InChI is InChI=1S/C10H22O3.C6H14O4/c1-4-5-7-13-10(2,3)9-12-8-6-11;7-1-3-9-5-6-10-4-2-8/h11H,4-9H2,1-3H3;7-8H,1-6H2. The van der Waals surface area contributed by atoms with Gasteiger partial charge in [-0.15, -0.1) is 0 Å². The van der Waals surface area contributed by atoms with Gasteiger partial charge < -0.3 is 34.3 Å². The van der Waals surface area contributed by atoms with Gasteiger partial charge in [-0.3, -0.25) is 0 Å². The molecular weight excluding hydrogens is 304 g/mol. The van der Waals surface area contributed by atoms with Gasteiger partial charge in [0.25, 0.3) is 0 Å². The smallest absolute Gasteiger partial charge is 0.0858 e. The van der Waals surface area contributed by atoms with Crippen LogP contribution in [0.4, 0.5) is 0 Å². The quantitative estimate of drug-likeness (QED) is 0.375. The maximum absolute atomic E-state index is 8.51. The van der Waals surface area contributed by atoms with E-state index in [0.29, 0.717) is 39.6 Å². The van der Waals surface area contributed by atoms with Crippen LogP contribution in [0.25, 0.3) is 0 Å². The molecule has 7 heteroatoms. The minimum absolute atomic E-state index is 0.0417. The fourth-order valence-corrected chi connectivity index (χ4v) is 1.37. The van der Waals surface area contributed by atoms with Crippen LogP contribution in [-0.4, -0.2) is 87.0 Å². The van der Waals surface area contributed by atoms with Crippen molar-refractivity contribution in [3.63, 3.8) is 0 Å². The van der Waals surface area contributed by atoms with Crippen LogP contribution in [-0.2, 0) is 18.9 Å². The lowest BCUT2D eigenvalue weighted by Gasteiger charge is -2.24. The Kier molecular flexibility index (Phi) is 21.5. The van der Waals surface area contributed by atoms with Gasteiger partial charge in [-0.1, -0.05) is 13.3 Å². The third-order valence-corrected chi connectivity index (χ3v) is 2.52. The highest BCUT2D eigenvalue weighted by atomic mass is 16.5. The van der Waals surface area contributed by atoms with Crippen LogP contribution < -0.4 is 0 Å². The molecule has 0 saturated carbocycles. The Hall–Kier alpha value is -0.280. The number of ether oxygens (including phenoxy) is 4. The van der Waals surface area contributed by atoms with Crippen molar-refractivity contribution in [1.82, 2.24) is 0 Å². The predicted molar refractivity (Wildman–Crippen MR) is 88.7 cm³/mol. The normalized spacial score (nSPS) is 11.2. The number of aliphatic hydroxyl groups excluding tert-OH is 3. The molecule has 0 aromatic carbocycles. The fraction of sp³-hybridized carbons (Fsp3) is 1.00. The molecule has 0 aliphatic rings. The Bertz CT molecular complexity index is 193. The van der Waals surface area contributed by atoms with Gasteiger partial charge >= 0.3 is 0 Å². The molecule has 0 fully saturated rings. The molecule has 3 N–H and O–H groups in total. The molecule has 0 aliphatic heterocycles. The Labute approximate surface area is 140 Å².